The molecular formula is C19H22ClN3O2S. The standard InChI is InChI=1S/C19H22ClN3O2S/c20-12-4-7-14-15(10-12)26-18(22-14)23-17(25)19(8-2-1-3-9-19)11-16(24)21-13-5-6-13/h4,7,10,13H,1-3,5-6,8-9,11H2,(H,21,24)(H,22,23,25). The number of thiazole rings is 1. The van der Waals surface area contributed by atoms with E-state index in [1.54, 1.807) is 6.07 Å². The molecule has 2 fully saturated rings. The highest BCUT2D eigenvalue weighted by Gasteiger charge is 2.42. The third-order valence-electron chi connectivity index (χ3n) is 5.30. The molecule has 1 aromatic carbocycles. The second kappa shape index (κ2) is 7.16. The average Bonchev–Trinajstić information content (AvgIpc) is 3.33. The second-order valence-corrected chi connectivity index (χ2v) is 8.91. The molecule has 1 aromatic heterocycles. The number of rotatable bonds is 5. The average molecular weight is 392 g/mol. The van der Waals surface area contributed by atoms with Gasteiger partial charge in [-0.3, -0.25) is 9.59 Å². The first kappa shape index (κ1) is 17.7. The molecule has 5 nitrogen and oxygen atoms in total. The molecule has 0 saturated heterocycles. The van der Waals surface area contributed by atoms with Crippen LogP contribution < -0.4 is 10.6 Å². The minimum atomic E-state index is -0.618. The first-order valence-electron chi connectivity index (χ1n) is 9.21. The molecule has 0 atom stereocenters. The van der Waals surface area contributed by atoms with Crippen LogP contribution >= 0.6 is 22.9 Å². The van der Waals surface area contributed by atoms with Crippen molar-refractivity contribution in [3.63, 3.8) is 0 Å². The fraction of sp³-hybridized carbons (Fsp3) is 0.526. The van der Waals surface area contributed by atoms with Crippen molar-refractivity contribution in [3.05, 3.63) is 23.2 Å². The lowest BCUT2D eigenvalue weighted by atomic mass is 9.71. The van der Waals surface area contributed by atoms with Crippen LogP contribution in [0.2, 0.25) is 5.02 Å². The van der Waals surface area contributed by atoms with Gasteiger partial charge in [0.15, 0.2) is 5.13 Å². The van der Waals surface area contributed by atoms with Gasteiger partial charge in [-0.2, -0.15) is 0 Å². The van der Waals surface area contributed by atoms with Crippen LogP contribution in [-0.2, 0) is 9.59 Å². The van der Waals surface area contributed by atoms with Gasteiger partial charge < -0.3 is 10.6 Å². The number of aromatic nitrogens is 1. The van der Waals surface area contributed by atoms with Gasteiger partial charge in [-0.05, 0) is 43.9 Å². The lowest BCUT2D eigenvalue weighted by Gasteiger charge is -2.35. The van der Waals surface area contributed by atoms with E-state index in [-0.39, 0.29) is 18.2 Å². The first-order valence-corrected chi connectivity index (χ1v) is 10.4. The summed E-state index contributed by atoms with van der Waals surface area (Å²) in [5, 5.41) is 7.23. The Labute approximate surface area is 161 Å². The maximum Gasteiger partial charge on any atom is 0.232 e. The third kappa shape index (κ3) is 3.86. The molecule has 4 rings (SSSR count). The van der Waals surface area contributed by atoms with Crippen LogP contribution in [0.4, 0.5) is 5.13 Å². The predicted molar refractivity (Wildman–Crippen MR) is 105 cm³/mol. The van der Waals surface area contributed by atoms with E-state index in [1.807, 2.05) is 12.1 Å². The molecule has 0 spiro atoms. The Bertz CT molecular complexity index is 840. The Hall–Kier alpha value is -1.66. The van der Waals surface area contributed by atoms with E-state index in [0.717, 1.165) is 55.2 Å². The number of carbonyl (C=O) groups excluding carboxylic acids is 2. The molecule has 0 bridgehead atoms. The van der Waals surface area contributed by atoms with Gasteiger partial charge in [-0.25, -0.2) is 4.98 Å². The van der Waals surface area contributed by atoms with Crippen LogP contribution in [0.1, 0.15) is 51.4 Å². The van der Waals surface area contributed by atoms with Gasteiger partial charge in [0.25, 0.3) is 0 Å². The normalized spacial score (nSPS) is 19.3. The number of benzene rings is 1. The highest BCUT2D eigenvalue weighted by Crippen LogP contribution is 2.41. The topological polar surface area (TPSA) is 71.1 Å². The zero-order valence-electron chi connectivity index (χ0n) is 14.5. The molecule has 2 amide bonds. The summed E-state index contributed by atoms with van der Waals surface area (Å²) in [6, 6.07) is 5.81. The maximum absolute atomic E-state index is 13.1. The number of fused-ring (bicyclic) bond motifs is 1. The molecule has 0 radical (unpaired) electrons. The number of nitrogens with zero attached hydrogens (tertiary/aromatic N) is 1. The lowest BCUT2D eigenvalue weighted by molar-refractivity contribution is -0.134. The van der Waals surface area contributed by atoms with Gasteiger partial charge in [0.05, 0.1) is 15.6 Å². The smallest absolute Gasteiger partial charge is 0.232 e. The number of nitrogens with one attached hydrogen (secondary N) is 2. The lowest BCUT2D eigenvalue weighted by Crippen LogP contribution is -2.42. The van der Waals surface area contributed by atoms with Crippen LogP contribution in [0.15, 0.2) is 18.2 Å². The number of hydrogen-bond acceptors (Lipinski definition) is 4. The van der Waals surface area contributed by atoms with E-state index in [9.17, 15) is 9.59 Å². The van der Waals surface area contributed by atoms with Gasteiger partial charge in [0.2, 0.25) is 11.8 Å². The Balaban J connectivity index is 1.51. The van der Waals surface area contributed by atoms with E-state index >= 15 is 0 Å². The highest BCUT2D eigenvalue weighted by atomic mass is 35.5. The zero-order chi connectivity index (χ0) is 18.1. The zero-order valence-corrected chi connectivity index (χ0v) is 16.1. The number of halogens is 1. The molecule has 2 aliphatic carbocycles. The molecule has 138 valence electrons. The summed E-state index contributed by atoms with van der Waals surface area (Å²) in [7, 11) is 0. The summed E-state index contributed by atoms with van der Waals surface area (Å²) in [4.78, 5) is 30.0. The van der Waals surface area contributed by atoms with Crippen LogP contribution in [0.5, 0.6) is 0 Å². The monoisotopic (exact) mass is 391 g/mol. The van der Waals surface area contributed by atoms with Crippen LogP contribution in [-0.4, -0.2) is 22.8 Å². The molecule has 2 aromatic rings. The minimum absolute atomic E-state index is 0.000585. The van der Waals surface area contributed by atoms with Crippen molar-refractivity contribution in [2.24, 2.45) is 5.41 Å². The Morgan fingerprint density at radius 1 is 1.23 bits per heavy atom. The van der Waals surface area contributed by atoms with E-state index in [1.165, 1.54) is 11.3 Å². The summed E-state index contributed by atoms with van der Waals surface area (Å²) in [5.74, 6) is -0.0751. The third-order valence-corrected chi connectivity index (χ3v) is 6.47. The number of amides is 2. The van der Waals surface area contributed by atoms with Crippen molar-refractivity contribution in [3.8, 4) is 0 Å². The predicted octanol–water partition coefficient (Wildman–Crippen LogP) is 4.51. The fourth-order valence-electron chi connectivity index (χ4n) is 3.71. The number of anilines is 1. The van der Waals surface area contributed by atoms with Crippen molar-refractivity contribution in [1.82, 2.24) is 10.3 Å². The number of carbonyl (C=O) groups is 2. The minimum Gasteiger partial charge on any atom is -0.353 e. The molecule has 2 saturated carbocycles. The summed E-state index contributed by atoms with van der Waals surface area (Å²) >= 11 is 7.44. The SMILES string of the molecule is O=C(CC1(C(=O)Nc2nc3ccc(Cl)cc3s2)CCCCC1)NC1CC1. The fourth-order valence-corrected chi connectivity index (χ4v) is 4.84. The molecule has 26 heavy (non-hydrogen) atoms. The molecule has 0 unspecified atom stereocenters. The summed E-state index contributed by atoms with van der Waals surface area (Å²) in [5.41, 5.74) is 0.200. The Morgan fingerprint density at radius 2 is 2.00 bits per heavy atom. The van der Waals surface area contributed by atoms with Crippen molar-refractivity contribution in [2.75, 3.05) is 5.32 Å². The molecular weight excluding hydrogens is 370 g/mol. The van der Waals surface area contributed by atoms with Gasteiger partial charge >= 0.3 is 0 Å². The largest absolute Gasteiger partial charge is 0.353 e. The first-order chi connectivity index (χ1) is 12.5. The van der Waals surface area contributed by atoms with E-state index in [4.69, 9.17) is 11.6 Å². The Morgan fingerprint density at radius 3 is 2.73 bits per heavy atom. The van der Waals surface area contributed by atoms with Crippen molar-refractivity contribution in [1.29, 1.82) is 0 Å². The highest BCUT2D eigenvalue weighted by molar-refractivity contribution is 7.22. The van der Waals surface area contributed by atoms with Gasteiger partial charge in [-0.1, -0.05) is 42.2 Å². The van der Waals surface area contributed by atoms with E-state index in [0.29, 0.717) is 16.2 Å². The van der Waals surface area contributed by atoms with Crippen molar-refractivity contribution < 1.29 is 9.59 Å². The van der Waals surface area contributed by atoms with Crippen LogP contribution in [0, 0.1) is 5.41 Å². The number of hydrogen-bond donors (Lipinski definition) is 2. The summed E-state index contributed by atoms with van der Waals surface area (Å²) in [6.45, 7) is 0. The molecule has 2 N–H and O–H groups in total. The summed E-state index contributed by atoms with van der Waals surface area (Å²) in [6.07, 6.45) is 6.99. The van der Waals surface area contributed by atoms with E-state index < -0.39 is 5.41 Å². The molecule has 1 heterocycles. The Kier molecular flexibility index (Phi) is 4.88. The van der Waals surface area contributed by atoms with Crippen molar-refractivity contribution in [2.45, 2.75) is 57.4 Å². The molecule has 2 aliphatic rings. The quantitative estimate of drug-likeness (QED) is 0.787. The van der Waals surface area contributed by atoms with E-state index in [2.05, 4.69) is 15.6 Å². The molecule has 0 aliphatic heterocycles. The second-order valence-electron chi connectivity index (χ2n) is 7.44. The molecule has 7 heteroatoms. The van der Waals surface area contributed by atoms with Gasteiger partial charge in [-0.15, -0.1) is 0 Å². The van der Waals surface area contributed by atoms with Gasteiger partial charge in [0.1, 0.15) is 0 Å². The maximum atomic E-state index is 13.1. The summed E-state index contributed by atoms with van der Waals surface area (Å²) < 4.78 is 0.942. The van der Waals surface area contributed by atoms with Crippen LogP contribution in [0.25, 0.3) is 10.2 Å². The van der Waals surface area contributed by atoms with Crippen LogP contribution in [0.3, 0.4) is 0 Å². The van der Waals surface area contributed by atoms with Gasteiger partial charge in [0, 0.05) is 17.5 Å². The van der Waals surface area contributed by atoms with Crippen molar-refractivity contribution >= 4 is 50.1 Å².